The molecule has 0 radical (unpaired) electrons. The number of rotatable bonds is 4. The molecule has 3 nitrogen and oxygen atoms in total. The van der Waals surface area contributed by atoms with Crippen LogP contribution in [0.2, 0.25) is 1.41 Å². The molecule has 0 spiro atoms. The number of Topliss-reactive ketones (excluding diaryl/α,β-unsaturated/α-hetero) is 2. The molecule has 1 saturated heterocycles. The van der Waals surface area contributed by atoms with Gasteiger partial charge >= 0.3 is 0 Å². The fourth-order valence-electron chi connectivity index (χ4n) is 1.35. The molecule has 1 aliphatic rings. The number of carbonyl (C=O) groups is 2. The zero-order valence-corrected chi connectivity index (χ0v) is 10.2. The molecule has 0 saturated carbocycles. The van der Waals surface area contributed by atoms with E-state index in [1.807, 2.05) is 0 Å². The highest BCUT2D eigenvalue weighted by molar-refractivity contribution is 9.09. The van der Waals surface area contributed by atoms with Crippen LogP contribution in [0.3, 0.4) is 0 Å². The van der Waals surface area contributed by atoms with Crippen LogP contribution in [0, 0.1) is 0 Å². The van der Waals surface area contributed by atoms with Gasteiger partial charge in [0.15, 0.2) is 11.6 Å². The van der Waals surface area contributed by atoms with Crippen molar-refractivity contribution < 1.29 is 11.0 Å². The molecule has 1 rings (SSSR count). The number of ketones is 2. The molecule has 0 aromatic carbocycles. The van der Waals surface area contributed by atoms with Gasteiger partial charge in [0.2, 0.25) is 0 Å². The minimum atomic E-state index is -0.414. The molecule has 0 bridgehead atoms. The third-order valence-corrected chi connectivity index (χ3v) is 3.19. The summed E-state index contributed by atoms with van der Waals surface area (Å²) < 4.78 is 7.66. The van der Waals surface area contributed by atoms with Gasteiger partial charge in [-0.05, 0) is 12.8 Å². The molecular formula is C8H11Br2NO2. The van der Waals surface area contributed by atoms with Crippen molar-refractivity contribution in [3.8, 4) is 0 Å². The van der Waals surface area contributed by atoms with Crippen LogP contribution < -0.4 is 5.31 Å². The second kappa shape index (κ2) is 5.22. The first-order chi connectivity index (χ1) is 6.61. The van der Waals surface area contributed by atoms with Crippen molar-refractivity contribution in [2.24, 2.45) is 0 Å². The predicted octanol–water partition coefficient (Wildman–Crippen LogP) is 1.04. The molecule has 1 fully saturated rings. The average Bonchev–Trinajstić information content (AvgIpc) is 2.58. The van der Waals surface area contributed by atoms with E-state index in [9.17, 15) is 9.59 Å². The van der Waals surface area contributed by atoms with E-state index in [1.165, 1.54) is 0 Å². The molecule has 1 N–H and O–H groups in total. The van der Waals surface area contributed by atoms with Crippen molar-refractivity contribution in [1.82, 2.24) is 5.31 Å². The Morgan fingerprint density at radius 3 is 1.92 bits per heavy atom. The Hall–Kier alpha value is 0.260. The van der Waals surface area contributed by atoms with Crippen LogP contribution in [0.5, 0.6) is 0 Å². The summed E-state index contributed by atoms with van der Waals surface area (Å²) in [6.07, 6.45) is 1.22. The van der Waals surface area contributed by atoms with Crippen LogP contribution in [-0.2, 0) is 9.59 Å². The van der Waals surface area contributed by atoms with E-state index in [4.69, 9.17) is 1.41 Å². The lowest BCUT2D eigenvalue weighted by Crippen LogP contribution is -2.40. The lowest BCUT2D eigenvalue weighted by Gasteiger charge is -2.10. The maximum absolute atomic E-state index is 11.3. The summed E-state index contributed by atoms with van der Waals surface area (Å²) in [6, 6.07) is -0.829. The van der Waals surface area contributed by atoms with Crippen LogP contribution in [0.25, 0.3) is 0 Å². The maximum Gasteiger partial charge on any atom is 0.160 e. The molecular weight excluding hydrogens is 302 g/mol. The first-order valence-electron chi connectivity index (χ1n) is 4.51. The lowest BCUT2D eigenvalue weighted by molar-refractivity contribution is -0.119. The normalized spacial score (nSPS) is 30.2. The first kappa shape index (κ1) is 9.80. The molecule has 0 aromatic heterocycles. The van der Waals surface area contributed by atoms with Crippen molar-refractivity contribution in [2.45, 2.75) is 24.9 Å². The molecule has 5 heteroatoms. The summed E-state index contributed by atoms with van der Waals surface area (Å²) in [5.74, 6) is -0.0465. The van der Waals surface area contributed by atoms with Gasteiger partial charge in [0.25, 0.3) is 0 Å². The van der Waals surface area contributed by atoms with E-state index in [2.05, 4.69) is 31.9 Å². The Kier molecular flexibility index (Phi) is 3.93. The molecule has 74 valence electrons. The maximum atomic E-state index is 11.3. The Bertz CT molecular complexity index is 225. The van der Waals surface area contributed by atoms with E-state index >= 15 is 0 Å². The quantitative estimate of drug-likeness (QED) is 0.789. The molecule has 13 heavy (non-hydrogen) atoms. The Morgan fingerprint density at radius 2 is 1.62 bits per heavy atom. The summed E-state index contributed by atoms with van der Waals surface area (Å²) in [4.78, 5) is 22.7. The van der Waals surface area contributed by atoms with Crippen LogP contribution in [0.15, 0.2) is 0 Å². The zero-order chi connectivity index (χ0) is 10.7. The van der Waals surface area contributed by atoms with Gasteiger partial charge in [-0.15, -0.1) is 0 Å². The smallest absolute Gasteiger partial charge is 0.160 e. The molecule has 1 aliphatic heterocycles. The number of halogens is 2. The molecule has 0 aromatic rings. The number of hydrogen-bond donors (Lipinski definition) is 1. The summed E-state index contributed by atoms with van der Waals surface area (Å²) >= 11 is 6.15. The minimum Gasteiger partial charge on any atom is -0.298 e. The molecule has 2 unspecified atom stereocenters. The van der Waals surface area contributed by atoms with E-state index < -0.39 is 12.1 Å². The van der Waals surface area contributed by atoms with E-state index in [0.717, 1.165) is 5.31 Å². The van der Waals surface area contributed by atoms with Crippen LogP contribution in [0.1, 0.15) is 12.8 Å². The van der Waals surface area contributed by atoms with Crippen molar-refractivity contribution in [3.63, 3.8) is 0 Å². The molecule has 1 heterocycles. The van der Waals surface area contributed by atoms with Gasteiger partial charge in [-0.3, -0.25) is 14.9 Å². The highest BCUT2D eigenvalue weighted by Crippen LogP contribution is 2.15. The fraction of sp³-hybridized carbons (Fsp3) is 0.750. The Labute approximate surface area is 95.4 Å². The van der Waals surface area contributed by atoms with E-state index in [0.29, 0.717) is 12.8 Å². The van der Waals surface area contributed by atoms with Gasteiger partial charge in [-0.25, -0.2) is 0 Å². The van der Waals surface area contributed by atoms with E-state index in [1.54, 1.807) is 0 Å². The Balaban J connectivity index is 2.64. The average molecular weight is 314 g/mol. The molecule has 0 aliphatic carbocycles. The molecule has 2 atom stereocenters. The summed E-state index contributed by atoms with van der Waals surface area (Å²) in [5.41, 5.74) is 0. The van der Waals surface area contributed by atoms with Crippen LogP contribution in [0.4, 0.5) is 0 Å². The summed E-state index contributed by atoms with van der Waals surface area (Å²) in [7, 11) is 0. The third kappa shape index (κ3) is 2.86. The number of carbonyl (C=O) groups excluding carboxylic acids is 2. The minimum absolute atomic E-state index is 0.0233. The summed E-state index contributed by atoms with van der Waals surface area (Å²) in [6.45, 7) is 0. The second-order valence-corrected chi connectivity index (χ2v) is 4.08. The number of hydrogen-bond acceptors (Lipinski definition) is 3. The second-order valence-electron chi connectivity index (χ2n) is 2.96. The number of alkyl halides is 2. The van der Waals surface area contributed by atoms with Crippen LogP contribution in [-0.4, -0.2) is 34.3 Å². The first-order valence-corrected chi connectivity index (χ1v) is 6.30. The topological polar surface area (TPSA) is 46.2 Å². The van der Waals surface area contributed by atoms with E-state index in [-0.39, 0.29) is 22.2 Å². The van der Waals surface area contributed by atoms with Gasteiger partial charge in [0.1, 0.15) is 1.41 Å². The van der Waals surface area contributed by atoms with Crippen molar-refractivity contribution in [2.75, 3.05) is 10.7 Å². The van der Waals surface area contributed by atoms with Gasteiger partial charge in [0.05, 0.1) is 22.7 Å². The zero-order valence-electron chi connectivity index (χ0n) is 8.00. The standard InChI is InChI=1S/C8H11Br2NO2/c9-3-7(12)5-1-2-6(11-5)8(13)4-10/h5-6,11H,1-4H2/i/hD. The highest BCUT2D eigenvalue weighted by Gasteiger charge is 2.31. The van der Waals surface area contributed by atoms with Crippen molar-refractivity contribution in [1.29, 1.82) is 0 Å². The van der Waals surface area contributed by atoms with Gasteiger partial charge < -0.3 is 0 Å². The SMILES string of the molecule is [2H]N1C(C(=O)CBr)CCC1C(=O)CBr. The van der Waals surface area contributed by atoms with Crippen molar-refractivity contribution in [3.05, 3.63) is 0 Å². The fourth-order valence-corrected chi connectivity index (χ4v) is 2.10. The van der Waals surface area contributed by atoms with Crippen molar-refractivity contribution >= 4 is 43.4 Å². The molecule has 0 amide bonds. The number of nitrogens with one attached hydrogen (secondary N) is 1. The van der Waals surface area contributed by atoms with Gasteiger partial charge in [-0.1, -0.05) is 31.9 Å². The lowest BCUT2D eigenvalue weighted by atomic mass is 10.1. The Morgan fingerprint density at radius 1 is 1.23 bits per heavy atom. The van der Waals surface area contributed by atoms with Gasteiger partial charge in [0, 0.05) is 0 Å². The predicted molar refractivity (Wildman–Crippen MR) is 57.5 cm³/mol. The summed E-state index contributed by atoms with van der Waals surface area (Å²) in [5, 5.41) is 1.65. The monoisotopic (exact) mass is 312 g/mol. The highest BCUT2D eigenvalue weighted by atomic mass is 79.9. The van der Waals surface area contributed by atoms with Crippen LogP contribution >= 0.6 is 31.9 Å². The van der Waals surface area contributed by atoms with Gasteiger partial charge in [-0.2, -0.15) is 0 Å². The largest absolute Gasteiger partial charge is 0.298 e. The third-order valence-electron chi connectivity index (χ3n) is 2.08.